The van der Waals surface area contributed by atoms with Crippen LogP contribution in [0.2, 0.25) is 0 Å². The Labute approximate surface area is 77.8 Å². The van der Waals surface area contributed by atoms with E-state index in [1.165, 1.54) is 13.8 Å². The molecular formula is C10H14O3. The molecule has 13 heavy (non-hydrogen) atoms. The number of rotatable bonds is 2. The Morgan fingerprint density at radius 2 is 1.77 bits per heavy atom. The Kier molecular flexibility index (Phi) is 3.23. The summed E-state index contributed by atoms with van der Waals surface area (Å²) in [5.74, 6) is 0.276. The molecule has 0 aromatic rings. The first-order valence-corrected chi connectivity index (χ1v) is 4.52. The summed E-state index contributed by atoms with van der Waals surface area (Å²) >= 11 is 0. The highest BCUT2D eigenvalue weighted by molar-refractivity contribution is 5.94. The van der Waals surface area contributed by atoms with E-state index in [1.807, 2.05) is 0 Å². The van der Waals surface area contributed by atoms with Crippen LogP contribution in [0, 0.1) is 0 Å². The largest absolute Gasteiger partial charge is 0.431 e. The Morgan fingerprint density at radius 3 is 2.31 bits per heavy atom. The molecule has 0 heterocycles. The van der Waals surface area contributed by atoms with Crippen LogP contribution in [0.15, 0.2) is 11.3 Å². The van der Waals surface area contributed by atoms with Crippen LogP contribution < -0.4 is 0 Å². The molecule has 1 aliphatic rings. The molecule has 0 amide bonds. The Balaban J connectivity index is 2.83. The van der Waals surface area contributed by atoms with Crippen molar-refractivity contribution in [3.05, 3.63) is 11.3 Å². The van der Waals surface area contributed by atoms with E-state index in [4.69, 9.17) is 4.74 Å². The zero-order valence-corrected chi connectivity index (χ0v) is 8.05. The summed E-state index contributed by atoms with van der Waals surface area (Å²) in [5.41, 5.74) is 0.696. The number of Topliss-reactive ketones (excluding diaryl/α,β-unsaturated/α-hetero) is 1. The minimum Gasteiger partial charge on any atom is -0.431 e. The maximum absolute atomic E-state index is 11.1. The van der Waals surface area contributed by atoms with Crippen LogP contribution in [-0.4, -0.2) is 11.8 Å². The van der Waals surface area contributed by atoms with Crippen molar-refractivity contribution in [2.24, 2.45) is 0 Å². The minimum atomic E-state index is -0.337. The second kappa shape index (κ2) is 4.21. The lowest BCUT2D eigenvalue weighted by molar-refractivity contribution is -0.137. The minimum absolute atomic E-state index is 0.0240. The lowest BCUT2D eigenvalue weighted by Gasteiger charge is -2.17. The zero-order chi connectivity index (χ0) is 9.84. The predicted octanol–water partition coefficient (Wildman–Crippen LogP) is 1.97. The Hall–Kier alpha value is -1.12. The highest BCUT2D eigenvalue weighted by Crippen LogP contribution is 2.26. The summed E-state index contributed by atoms with van der Waals surface area (Å²) in [6.07, 6.45) is 3.48. The molecule has 1 aliphatic carbocycles. The molecule has 0 spiro atoms. The van der Waals surface area contributed by atoms with Crippen LogP contribution >= 0.6 is 0 Å². The van der Waals surface area contributed by atoms with Crippen LogP contribution in [0.4, 0.5) is 0 Å². The van der Waals surface area contributed by atoms with Gasteiger partial charge in [0.05, 0.1) is 0 Å². The number of hydrogen-bond donors (Lipinski definition) is 0. The van der Waals surface area contributed by atoms with E-state index in [1.54, 1.807) is 0 Å². The topological polar surface area (TPSA) is 43.4 Å². The zero-order valence-electron chi connectivity index (χ0n) is 8.05. The van der Waals surface area contributed by atoms with Gasteiger partial charge < -0.3 is 4.74 Å². The van der Waals surface area contributed by atoms with Gasteiger partial charge in [0.15, 0.2) is 5.78 Å². The van der Waals surface area contributed by atoms with Gasteiger partial charge in [0.25, 0.3) is 0 Å². The number of ether oxygens (including phenoxy) is 1. The van der Waals surface area contributed by atoms with Crippen molar-refractivity contribution in [3.63, 3.8) is 0 Å². The van der Waals surface area contributed by atoms with Crippen molar-refractivity contribution >= 4 is 11.8 Å². The van der Waals surface area contributed by atoms with Gasteiger partial charge >= 0.3 is 5.97 Å². The van der Waals surface area contributed by atoms with Crippen LogP contribution in [0.1, 0.15) is 39.5 Å². The summed E-state index contributed by atoms with van der Waals surface area (Å²) in [5, 5.41) is 0. The number of hydrogen-bond acceptors (Lipinski definition) is 3. The van der Waals surface area contributed by atoms with Crippen LogP contribution in [0.25, 0.3) is 0 Å². The standard InChI is InChI=1S/C10H14O3/c1-7(11)9-5-3-4-6-10(9)13-8(2)12/h3-6H2,1-2H3. The van der Waals surface area contributed by atoms with E-state index in [0.717, 1.165) is 19.3 Å². The third-order valence-corrected chi connectivity index (χ3v) is 2.11. The van der Waals surface area contributed by atoms with Gasteiger partial charge in [-0.1, -0.05) is 0 Å². The van der Waals surface area contributed by atoms with Crippen molar-refractivity contribution in [2.45, 2.75) is 39.5 Å². The van der Waals surface area contributed by atoms with Crippen LogP contribution in [0.3, 0.4) is 0 Å². The fourth-order valence-corrected chi connectivity index (χ4v) is 1.54. The van der Waals surface area contributed by atoms with Crippen molar-refractivity contribution in [3.8, 4) is 0 Å². The predicted molar refractivity (Wildman–Crippen MR) is 47.9 cm³/mol. The molecule has 72 valence electrons. The summed E-state index contributed by atoms with van der Waals surface area (Å²) in [6, 6.07) is 0. The number of esters is 1. The average Bonchev–Trinajstić information content (AvgIpc) is 2.03. The van der Waals surface area contributed by atoms with Crippen molar-refractivity contribution in [1.82, 2.24) is 0 Å². The molecule has 0 atom stereocenters. The molecule has 0 aliphatic heterocycles. The first-order valence-electron chi connectivity index (χ1n) is 4.52. The Morgan fingerprint density at radius 1 is 1.15 bits per heavy atom. The van der Waals surface area contributed by atoms with Crippen LogP contribution in [0.5, 0.6) is 0 Å². The second-order valence-electron chi connectivity index (χ2n) is 3.26. The first kappa shape index (κ1) is 9.96. The molecule has 0 N–H and O–H groups in total. The lowest BCUT2D eigenvalue weighted by atomic mass is 9.95. The summed E-state index contributed by atoms with van der Waals surface area (Å²) in [7, 11) is 0. The third-order valence-electron chi connectivity index (χ3n) is 2.11. The van der Waals surface area contributed by atoms with E-state index < -0.39 is 0 Å². The molecule has 0 aromatic carbocycles. The number of ketones is 1. The van der Waals surface area contributed by atoms with Gasteiger partial charge in [-0.05, 0) is 26.2 Å². The van der Waals surface area contributed by atoms with E-state index in [-0.39, 0.29) is 11.8 Å². The SMILES string of the molecule is CC(=O)OC1=C(C(C)=O)CCCC1. The maximum Gasteiger partial charge on any atom is 0.307 e. The third kappa shape index (κ3) is 2.68. The Bertz CT molecular complexity index is 263. The van der Waals surface area contributed by atoms with E-state index in [0.29, 0.717) is 17.8 Å². The van der Waals surface area contributed by atoms with Gasteiger partial charge in [-0.15, -0.1) is 0 Å². The fourth-order valence-electron chi connectivity index (χ4n) is 1.54. The van der Waals surface area contributed by atoms with E-state index in [9.17, 15) is 9.59 Å². The maximum atomic E-state index is 11.1. The molecule has 0 radical (unpaired) electrons. The van der Waals surface area contributed by atoms with Gasteiger partial charge in [-0.25, -0.2) is 0 Å². The van der Waals surface area contributed by atoms with Gasteiger partial charge in [0.2, 0.25) is 0 Å². The molecule has 0 saturated heterocycles. The highest BCUT2D eigenvalue weighted by atomic mass is 16.5. The van der Waals surface area contributed by atoms with Crippen LogP contribution in [-0.2, 0) is 14.3 Å². The molecule has 1 rings (SSSR count). The average molecular weight is 182 g/mol. The summed E-state index contributed by atoms with van der Waals surface area (Å²) in [4.78, 5) is 21.9. The monoisotopic (exact) mass is 182 g/mol. The molecule has 0 aromatic heterocycles. The second-order valence-corrected chi connectivity index (χ2v) is 3.26. The molecule has 3 heteroatoms. The van der Waals surface area contributed by atoms with E-state index in [2.05, 4.69) is 0 Å². The highest BCUT2D eigenvalue weighted by Gasteiger charge is 2.18. The summed E-state index contributed by atoms with van der Waals surface area (Å²) in [6.45, 7) is 2.88. The van der Waals surface area contributed by atoms with Gasteiger partial charge in [0, 0.05) is 18.9 Å². The normalized spacial score (nSPS) is 17.1. The molecule has 0 unspecified atom stereocenters. The quantitative estimate of drug-likeness (QED) is 0.613. The molecule has 0 fully saturated rings. The van der Waals surface area contributed by atoms with Gasteiger partial charge in [-0.3, -0.25) is 9.59 Å². The number of allylic oxidation sites excluding steroid dienone is 2. The molecule has 0 bridgehead atoms. The molecular weight excluding hydrogens is 168 g/mol. The van der Waals surface area contributed by atoms with Crippen molar-refractivity contribution < 1.29 is 14.3 Å². The smallest absolute Gasteiger partial charge is 0.307 e. The molecule has 3 nitrogen and oxygen atoms in total. The van der Waals surface area contributed by atoms with E-state index >= 15 is 0 Å². The van der Waals surface area contributed by atoms with Gasteiger partial charge in [-0.2, -0.15) is 0 Å². The number of carbonyl (C=O) groups excluding carboxylic acids is 2. The van der Waals surface area contributed by atoms with Crippen molar-refractivity contribution in [1.29, 1.82) is 0 Å². The first-order chi connectivity index (χ1) is 6.11. The van der Waals surface area contributed by atoms with Crippen molar-refractivity contribution in [2.75, 3.05) is 0 Å². The van der Waals surface area contributed by atoms with Gasteiger partial charge in [0.1, 0.15) is 5.76 Å². The molecule has 0 saturated carbocycles. The number of carbonyl (C=O) groups is 2. The lowest BCUT2D eigenvalue weighted by Crippen LogP contribution is -2.11. The summed E-state index contributed by atoms with van der Waals surface area (Å²) < 4.78 is 4.98. The fraction of sp³-hybridized carbons (Fsp3) is 0.600.